The summed E-state index contributed by atoms with van der Waals surface area (Å²) < 4.78 is 5.45. The van der Waals surface area contributed by atoms with Crippen LogP contribution >= 0.6 is 0 Å². The molecule has 2 nitrogen and oxygen atoms in total. The molecule has 1 rings (SSSR count). The van der Waals surface area contributed by atoms with Crippen molar-refractivity contribution in [2.24, 2.45) is 0 Å². The standard InChI is InChI=1S/C10H13NO/c1-8(2)12-10-5-3-4-9(6-10)7-11/h3-8,11H,1-2H3. The third-order valence-electron chi connectivity index (χ3n) is 1.40. The molecule has 0 aliphatic carbocycles. The van der Waals surface area contributed by atoms with Gasteiger partial charge in [0.25, 0.3) is 0 Å². The van der Waals surface area contributed by atoms with Gasteiger partial charge in [0, 0.05) is 6.21 Å². The molecule has 0 aliphatic rings. The molecule has 0 bridgehead atoms. The Hall–Kier alpha value is -1.31. The molecule has 0 saturated carbocycles. The topological polar surface area (TPSA) is 33.1 Å². The Morgan fingerprint density at radius 2 is 2.17 bits per heavy atom. The van der Waals surface area contributed by atoms with Crippen LogP contribution in [0.2, 0.25) is 0 Å². The van der Waals surface area contributed by atoms with Crippen LogP contribution in [0.15, 0.2) is 24.3 Å². The lowest BCUT2D eigenvalue weighted by Gasteiger charge is -2.09. The van der Waals surface area contributed by atoms with E-state index in [2.05, 4.69) is 0 Å². The Bertz CT molecular complexity index is 268. The number of ether oxygens (including phenoxy) is 1. The molecular weight excluding hydrogens is 150 g/mol. The molecule has 0 unspecified atom stereocenters. The fourth-order valence-electron chi connectivity index (χ4n) is 0.950. The molecule has 2 heteroatoms. The molecule has 0 aromatic heterocycles. The Kier molecular flexibility index (Phi) is 2.86. The van der Waals surface area contributed by atoms with Gasteiger partial charge in [0.05, 0.1) is 6.10 Å². The van der Waals surface area contributed by atoms with Crippen molar-refractivity contribution in [3.63, 3.8) is 0 Å². The minimum Gasteiger partial charge on any atom is -0.491 e. The van der Waals surface area contributed by atoms with Gasteiger partial charge in [-0.05, 0) is 31.5 Å². The van der Waals surface area contributed by atoms with Gasteiger partial charge >= 0.3 is 0 Å². The Labute approximate surface area is 72.7 Å². The fraction of sp³-hybridized carbons (Fsp3) is 0.300. The summed E-state index contributed by atoms with van der Waals surface area (Å²) in [5.74, 6) is 0.825. The second-order valence-corrected chi connectivity index (χ2v) is 2.88. The van der Waals surface area contributed by atoms with Crippen molar-refractivity contribution >= 4 is 6.21 Å². The molecule has 0 aliphatic heterocycles. The normalized spacial score (nSPS) is 9.92. The quantitative estimate of drug-likeness (QED) is 0.682. The summed E-state index contributed by atoms with van der Waals surface area (Å²) >= 11 is 0. The lowest BCUT2D eigenvalue weighted by Crippen LogP contribution is -2.05. The molecule has 0 saturated heterocycles. The first-order valence-electron chi connectivity index (χ1n) is 3.99. The van der Waals surface area contributed by atoms with Crippen molar-refractivity contribution in [3.05, 3.63) is 29.8 Å². The average Bonchev–Trinajstić information content (AvgIpc) is 2.03. The highest BCUT2D eigenvalue weighted by Gasteiger charge is 1.96. The van der Waals surface area contributed by atoms with Crippen molar-refractivity contribution < 1.29 is 4.74 Å². The summed E-state index contributed by atoms with van der Waals surface area (Å²) in [6, 6.07) is 7.51. The van der Waals surface area contributed by atoms with Gasteiger partial charge in [-0.2, -0.15) is 0 Å². The summed E-state index contributed by atoms with van der Waals surface area (Å²) in [5, 5.41) is 7.04. The van der Waals surface area contributed by atoms with Crippen molar-refractivity contribution in [3.8, 4) is 5.75 Å². The second kappa shape index (κ2) is 3.90. The molecule has 0 atom stereocenters. The highest BCUT2D eigenvalue weighted by Crippen LogP contribution is 2.13. The zero-order chi connectivity index (χ0) is 8.97. The van der Waals surface area contributed by atoms with Gasteiger partial charge in [-0.15, -0.1) is 0 Å². The maximum atomic E-state index is 7.04. The van der Waals surface area contributed by atoms with Gasteiger partial charge in [0.15, 0.2) is 0 Å². The van der Waals surface area contributed by atoms with E-state index >= 15 is 0 Å². The first-order chi connectivity index (χ1) is 5.72. The van der Waals surface area contributed by atoms with Crippen LogP contribution in [0.25, 0.3) is 0 Å². The van der Waals surface area contributed by atoms with Crippen molar-refractivity contribution in [1.29, 1.82) is 5.41 Å². The van der Waals surface area contributed by atoms with E-state index in [1.54, 1.807) is 0 Å². The zero-order valence-electron chi connectivity index (χ0n) is 7.37. The largest absolute Gasteiger partial charge is 0.491 e. The summed E-state index contributed by atoms with van der Waals surface area (Å²) in [4.78, 5) is 0. The lowest BCUT2D eigenvalue weighted by atomic mass is 10.2. The maximum absolute atomic E-state index is 7.04. The van der Waals surface area contributed by atoms with E-state index in [9.17, 15) is 0 Å². The van der Waals surface area contributed by atoms with E-state index in [0.717, 1.165) is 11.3 Å². The molecular formula is C10H13NO. The van der Waals surface area contributed by atoms with Crippen molar-refractivity contribution in [1.82, 2.24) is 0 Å². The smallest absolute Gasteiger partial charge is 0.120 e. The number of benzene rings is 1. The van der Waals surface area contributed by atoms with Gasteiger partial charge in [-0.3, -0.25) is 0 Å². The molecule has 0 spiro atoms. The number of rotatable bonds is 3. The van der Waals surface area contributed by atoms with Crippen molar-refractivity contribution in [2.45, 2.75) is 20.0 Å². The number of nitrogens with one attached hydrogen (secondary N) is 1. The first kappa shape index (κ1) is 8.78. The molecule has 12 heavy (non-hydrogen) atoms. The summed E-state index contributed by atoms with van der Waals surface area (Å²) in [6.07, 6.45) is 1.50. The molecule has 0 radical (unpaired) electrons. The van der Waals surface area contributed by atoms with E-state index in [0.29, 0.717) is 0 Å². The van der Waals surface area contributed by atoms with Crippen LogP contribution in [-0.4, -0.2) is 12.3 Å². The molecule has 64 valence electrons. The zero-order valence-corrected chi connectivity index (χ0v) is 7.37. The summed E-state index contributed by atoms with van der Waals surface area (Å²) in [6.45, 7) is 3.97. The second-order valence-electron chi connectivity index (χ2n) is 2.88. The summed E-state index contributed by atoms with van der Waals surface area (Å²) in [5.41, 5.74) is 0.869. The van der Waals surface area contributed by atoms with Crippen LogP contribution in [0, 0.1) is 5.41 Å². The molecule has 0 heterocycles. The third kappa shape index (κ3) is 2.38. The predicted molar refractivity (Wildman–Crippen MR) is 50.1 cm³/mol. The van der Waals surface area contributed by atoms with E-state index in [1.165, 1.54) is 6.21 Å². The Morgan fingerprint density at radius 3 is 2.75 bits per heavy atom. The van der Waals surface area contributed by atoms with E-state index in [-0.39, 0.29) is 6.10 Å². The molecule has 1 aromatic carbocycles. The maximum Gasteiger partial charge on any atom is 0.120 e. The summed E-state index contributed by atoms with van der Waals surface area (Å²) in [7, 11) is 0. The van der Waals surface area contributed by atoms with E-state index < -0.39 is 0 Å². The van der Waals surface area contributed by atoms with Gasteiger partial charge in [-0.1, -0.05) is 12.1 Å². The number of hydrogen-bond acceptors (Lipinski definition) is 2. The Morgan fingerprint density at radius 1 is 1.42 bits per heavy atom. The van der Waals surface area contributed by atoms with Crippen LogP contribution in [-0.2, 0) is 0 Å². The predicted octanol–water partition coefficient (Wildman–Crippen LogP) is 2.47. The minimum atomic E-state index is 0.186. The van der Waals surface area contributed by atoms with E-state index in [4.69, 9.17) is 10.1 Å². The van der Waals surface area contributed by atoms with Crippen LogP contribution in [0.3, 0.4) is 0 Å². The fourth-order valence-corrected chi connectivity index (χ4v) is 0.950. The highest BCUT2D eigenvalue weighted by molar-refractivity contribution is 5.77. The minimum absolute atomic E-state index is 0.186. The first-order valence-corrected chi connectivity index (χ1v) is 3.99. The monoisotopic (exact) mass is 163 g/mol. The van der Waals surface area contributed by atoms with Crippen LogP contribution < -0.4 is 4.74 Å². The average molecular weight is 163 g/mol. The highest BCUT2D eigenvalue weighted by atomic mass is 16.5. The Balaban J connectivity index is 2.79. The number of hydrogen-bond donors (Lipinski definition) is 1. The van der Waals surface area contributed by atoms with E-state index in [1.807, 2.05) is 38.1 Å². The van der Waals surface area contributed by atoms with Crippen LogP contribution in [0.4, 0.5) is 0 Å². The molecule has 0 amide bonds. The van der Waals surface area contributed by atoms with Gasteiger partial charge in [0.2, 0.25) is 0 Å². The van der Waals surface area contributed by atoms with Crippen molar-refractivity contribution in [2.75, 3.05) is 0 Å². The molecule has 0 fully saturated rings. The van der Waals surface area contributed by atoms with Crippen LogP contribution in [0.5, 0.6) is 5.75 Å². The van der Waals surface area contributed by atoms with Crippen LogP contribution in [0.1, 0.15) is 19.4 Å². The van der Waals surface area contributed by atoms with Gasteiger partial charge in [0.1, 0.15) is 5.75 Å². The SMILES string of the molecule is CC(C)Oc1cccc(C=N)c1. The lowest BCUT2D eigenvalue weighted by molar-refractivity contribution is 0.242. The molecule has 1 aromatic rings. The third-order valence-corrected chi connectivity index (χ3v) is 1.40. The van der Waals surface area contributed by atoms with Gasteiger partial charge in [-0.25, -0.2) is 0 Å². The molecule has 1 N–H and O–H groups in total. The van der Waals surface area contributed by atoms with Gasteiger partial charge < -0.3 is 10.1 Å².